The monoisotopic (exact) mass is 268 g/mol. The molecule has 2 atom stereocenters. The summed E-state index contributed by atoms with van der Waals surface area (Å²) in [5.74, 6) is 0.669. The van der Waals surface area contributed by atoms with Gasteiger partial charge in [-0.25, -0.2) is 0 Å². The predicted molar refractivity (Wildman–Crippen MR) is 62.4 cm³/mol. The first-order chi connectivity index (χ1) is 7.04. The molecule has 1 aromatic rings. The van der Waals surface area contributed by atoms with Crippen molar-refractivity contribution in [1.82, 2.24) is 0 Å². The molecule has 2 N–H and O–H groups in total. The minimum absolute atomic E-state index is 0.122. The lowest BCUT2D eigenvalue weighted by atomic mass is 10.1. The molecule has 0 aromatic heterocycles. The molecule has 0 bridgehead atoms. The number of nitrogens with two attached hydrogens (primary N) is 1. The van der Waals surface area contributed by atoms with Gasteiger partial charge >= 0.3 is 0 Å². The lowest BCUT2D eigenvalue weighted by Crippen LogP contribution is -2.13. The molecule has 0 radical (unpaired) electrons. The summed E-state index contributed by atoms with van der Waals surface area (Å²) in [6.07, 6.45) is -0.469. The molecule has 0 heterocycles. The molecule has 0 aliphatic rings. The van der Waals surface area contributed by atoms with E-state index in [-0.39, 0.29) is 6.04 Å². The van der Waals surface area contributed by atoms with Crippen molar-refractivity contribution in [2.24, 2.45) is 5.73 Å². The van der Waals surface area contributed by atoms with Crippen LogP contribution in [0.1, 0.15) is 25.5 Å². The van der Waals surface area contributed by atoms with Crippen LogP contribution in [0, 0.1) is 11.3 Å². The Labute approximate surface area is 98.0 Å². The second-order valence-electron chi connectivity index (χ2n) is 3.36. The first kappa shape index (κ1) is 12.0. The molecule has 0 saturated carbocycles. The smallest absolute Gasteiger partial charge is 0.181 e. The van der Waals surface area contributed by atoms with Gasteiger partial charge in [-0.2, -0.15) is 5.26 Å². The van der Waals surface area contributed by atoms with E-state index in [1.54, 1.807) is 6.92 Å². The van der Waals surface area contributed by atoms with E-state index in [4.69, 9.17) is 15.7 Å². The van der Waals surface area contributed by atoms with Gasteiger partial charge in [0, 0.05) is 16.1 Å². The van der Waals surface area contributed by atoms with Crippen LogP contribution in [0.3, 0.4) is 0 Å². The Balaban J connectivity index is 3.02. The van der Waals surface area contributed by atoms with Gasteiger partial charge in [0.15, 0.2) is 6.10 Å². The van der Waals surface area contributed by atoms with Gasteiger partial charge in [-0.1, -0.05) is 15.9 Å². The van der Waals surface area contributed by atoms with Gasteiger partial charge in [-0.15, -0.1) is 0 Å². The van der Waals surface area contributed by atoms with Crippen LogP contribution in [0.5, 0.6) is 5.75 Å². The lowest BCUT2D eigenvalue weighted by molar-refractivity contribution is 0.272. The molecule has 3 nitrogen and oxygen atoms in total. The van der Waals surface area contributed by atoms with Crippen LogP contribution in [0.2, 0.25) is 0 Å². The van der Waals surface area contributed by atoms with Gasteiger partial charge < -0.3 is 10.5 Å². The second kappa shape index (κ2) is 5.15. The number of hydrogen-bond donors (Lipinski definition) is 1. The molecule has 2 unspecified atom stereocenters. The van der Waals surface area contributed by atoms with Crippen molar-refractivity contribution in [2.45, 2.75) is 26.0 Å². The number of benzene rings is 1. The number of halogens is 1. The molecule has 15 heavy (non-hydrogen) atoms. The van der Waals surface area contributed by atoms with Crippen molar-refractivity contribution < 1.29 is 4.74 Å². The highest BCUT2D eigenvalue weighted by Crippen LogP contribution is 2.28. The van der Waals surface area contributed by atoms with Crippen LogP contribution in [-0.4, -0.2) is 6.10 Å². The second-order valence-corrected chi connectivity index (χ2v) is 4.28. The molecule has 4 heteroatoms. The average molecular weight is 269 g/mol. The summed E-state index contributed by atoms with van der Waals surface area (Å²) in [6.45, 7) is 3.58. The minimum Gasteiger partial charge on any atom is -0.476 e. The highest BCUT2D eigenvalue weighted by atomic mass is 79.9. The summed E-state index contributed by atoms with van der Waals surface area (Å²) in [4.78, 5) is 0. The number of nitrogens with zero attached hydrogens (tertiary/aromatic N) is 1. The summed E-state index contributed by atoms with van der Waals surface area (Å²) in [6, 6.07) is 7.49. The Bertz CT molecular complexity index is 385. The molecule has 1 aromatic carbocycles. The number of hydrogen-bond acceptors (Lipinski definition) is 3. The van der Waals surface area contributed by atoms with Gasteiger partial charge in [0.2, 0.25) is 0 Å². The fourth-order valence-electron chi connectivity index (χ4n) is 1.20. The van der Waals surface area contributed by atoms with E-state index in [1.165, 1.54) is 0 Å². The lowest BCUT2D eigenvalue weighted by Gasteiger charge is -2.15. The number of ether oxygens (including phenoxy) is 1. The third-order valence-corrected chi connectivity index (χ3v) is 2.44. The fourth-order valence-corrected chi connectivity index (χ4v) is 1.58. The maximum Gasteiger partial charge on any atom is 0.181 e. The first-order valence-electron chi connectivity index (χ1n) is 4.66. The van der Waals surface area contributed by atoms with E-state index in [0.717, 1.165) is 10.0 Å². The molecule has 0 aliphatic carbocycles. The molecule has 1 rings (SSSR count). The van der Waals surface area contributed by atoms with Crippen molar-refractivity contribution in [3.05, 3.63) is 28.2 Å². The van der Waals surface area contributed by atoms with E-state index in [9.17, 15) is 0 Å². The molecular formula is C11H13BrN2O. The van der Waals surface area contributed by atoms with Crippen molar-refractivity contribution >= 4 is 15.9 Å². The molecular weight excluding hydrogens is 256 g/mol. The quantitative estimate of drug-likeness (QED) is 0.917. The highest BCUT2D eigenvalue weighted by Gasteiger charge is 2.11. The summed E-state index contributed by atoms with van der Waals surface area (Å²) in [5, 5.41) is 8.66. The Morgan fingerprint density at radius 3 is 2.67 bits per heavy atom. The van der Waals surface area contributed by atoms with Crippen LogP contribution >= 0.6 is 15.9 Å². The molecule has 0 fully saturated rings. The summed E-state index contributed by atoms with van der Waals surface area (Å²) >= 11 is 3.37. The fraction of sp³-hybridized carbons (Fsp3) is 0.364. The predicted octanol–water partition coefficient (Wildman–Crippen LogP) is 2.76. The van der Waals surface area contributed by atoms with Crippen LogP contribution in [0.15, 0.2) is 22.7 Å². The topological polar surface area (TPSA) is 59.0 Å². The summed E-state index contributed by atoms with van der Waals surface area (Å²) in [5.41, 5.74) is 6.71. The summed E-state index contributed by atoms with van der Waals surface area (Å²) in [7, 11) is 0. The normalized spacial score (nSPS) is 14.1. The standard InChI is InChI=1S/C11H13BrN2O/c1-7(6-13)15-11-4-3-9(12)5-10(11)8(2)14/h3-5,7-8H,14H2,1-2H3. The van der Waals surface area contributed by atoms with Crippen molar-refractivity contribution in [1.29, 1.82) is 5.26 Å². The van der Waals surface area contributed by atoms with Gasteiger partial charge in [-0.05, 0) is 32.0 Å². The van der Waals surface area contributed by atoms with E-state index in [1.807, 2.05) is 31.2 Å². The van der Waals surface area contributed by atoms with Gasteiger partial charge in [0.25, 0.3) is 0 Å². The maximum absolute atomic E-state index is 8.66. The van der Waals surface area contributed by atoms with Gasteiger partial charge in [0.1, 0.15) is 11.8 Å². The van der Waals surface area contributed by atoms with E-state index < -0.39 is 6.10 Å². The molecule has 0 amide bonds. The molecule has 0 spiro atoms. The zero-order chi connectivity index (χ0) is 11.4. The summed E-state index contributed by atoms with van der Waals surface area (Å²) < 4.78 is 6.40. The van der Waals surface area contributed by atoms with Gasteiger partial charge in [-0.3, -0.25) is 0 Å². The van der Waals surface area contributed by atoms with Crippen LogP contribution < -0.4 is 10.5 Å². The van der Waals surface area contributed by atoms with Crippen molar-refractivity contribution in [3.8, 4) is 11.8 Å². The first-order valence-corrected chi connectivity index (χ1v) is 5.45. The average Bonchev–Trinajstić information content (AvgIpc) is 2.20. The van der Waals surface area contributed by atoms with Crippen LogP contribution in [-0.2, 0) is 0 Å². The largest absolute Gasteiger partial charge is 0.476 e. The van der Waals surface area contributed by atoms with Crippen LogP contribution in [0.25, 0.3) is 0 Å². The maximum atomic E-state index is 8.66. The Morgan fingerprint density at radius 1 is 1.47 bits per heavy atom. The third kappa shape index (κ3) is 3.22. The number of nitriles is 1. The van der Waals surface area contributed by atoms with E-state index >= 15 is 0 Å². The van der Waals surface area contributed by atoms with E-state index in [2.05, 4.69) is 15.9 Å². The minimum atomic E-state index is -0.469. The zero-order valence-electron chi connectivity index (χ0n) is 8.70. The Hall–Kier alpha value is -1.05. The van der Waals surface area contributed by atoms with Crippen LogP contribution in [0.4, 0.5) is 0 Å². The van der Waals surface area contributed by atoms with Crippen molar-refractivity contribution in [3.63, 3.8) is 0 Å². The SMILES string of the molecule is CC(C#N)Oc1ccc(Br)cc1C(C)N. The van der Waals surface area contributed by atoms with E-state index in [0.29, 0.717) is 5.75 Å². The molecule has 0 aliphatic heterocycles. The number of rotatable bonds is 3. The molecule has 0 saturated heterocycles. The Morgan fingerprint density at radius 2 is 2.13 bits per heavy atom. The van der Waals surface area contributed by atoms with Gasteiger partial charge in [0.05, 0.1) is 0 Å². The Kier molecular flexibility index (Phi) is 4.13. The third-order valence-electron chi connectivity index (χ3n) is 1.95. The van der Waals surface area contributed by atoms with Crippen molar-refractivity contribution in [2.75, 3.05) is 0 Å². The zero-order valence-corrected chi connectivity index (χ0v) is 10.3. The molecule has 80 valence electrons. The highest BCUT2D eigenvalue weighted by molar-refractivity contribution is 9.10.